The first-order valence-corrected chi connectivity index (χ1v) is 8.73. The van der Waals surface area contributed by atoms with E-state index in [0.717, 1.165) is 32.7 Å². The molecule has 5 heteroatoms. The van der Waals surface area contributed by atoms with Crippen LogP contribution >= 0.6 is 23.1 Å². The van der Waals surface area contributed by atoms with Crippen molar-refractivity contribution in [3.63, 3.8) is 0 Å². The third-order valence-corrected chi connectivity index (χ3v) is 6.98. The fraction of sp³-hybridized carbons (Fsp3) is 0.714. The number of carboxylic acids is 1. The second-order valence-corrected chi connectivity index (χ2v) is 8.16. The van der Waals surface area contributed by atoms with Crippen LogP contribution in [0.3, 0.4) is 0 Å². The van der Waals surface area contributed by atoms with Crippen molar-refractivity contribution >= 4 is 29.1 Å². The van der Waals surface area contributed by atoms with Gasteiger partial charge in [0.15, 0.2) is 0 Å². The van der Waals surface area contributed by atoms with E-state index in [1.54, 1.807) is 11.3 Å². The molecule has 0 aliphatic heterocycles. The highest BCUT2D eigenvalue weighted by molar-refractivity contribution is 8.01. The van der Waals surface area contributed by atoms with Crippen molar-refractivity contribution in [3.8, 4) is 0 Å². The molecule has 1 N–H and O–H groups in total. The summed E-state index contributed by atoms with van der Waals surface area (Å²) in [6.45, 7) is 1.91. The summed E-state index contributed by atoms with van der Waals surface area (Å²) in [5, 5.41) is 8.85. The number of hydrogen-bond donors (Lipinski definition) is 1. The van der Waals surface area contributed by atoms with E-state index in [1.807, 2.05) is 18.7 Å². The molecule has 1 aromatic heterocycles. The van der Waals surface area contributed by atoms with Crippen LogP contribution in [0.2, 0.25) is 0 Å². The normalized spacial score (nSPS) is 29.0. The van der Waals surface area contributed by atoms with E-state index >= 15 is 0 Å². The Labute approximate surface area is 121 Å². The molecule has 104 valence electrons. The van der Waals surface area contributed by atoms with Crippen LogP contribution in [0.5, 0.6) is 0 Å². The Morgan fingerprint density at radius 3 is 2.95 bits per heavy atom. The molecule has 0 spiro atoms. The molecule has 0 saturated heterocycles. The molecule has 2 fully saturated rings. The van der Waals surface area contributed by atoms with Gasteiger partial charge < -0.3 is 5.11 Å². The van der Waals surface area contributed by atoms with Crippen LogP contribution in [0.1, 0.15) is 36.3 Å². The summed E-state index contributed by atoms with van der Waals surface area (Å²) >= 11 is 3.40. The van der Waals surface area contributed by atoms with Crippen molar-refractivity contribution in [2.45, 2.75) is 43.4 Å². The quantitative estimate of drug-likeness (QED) is 0.844. The number of thioether (sulfide) groups is 1. The number of aryl methyl sites for hydroxylation is 1. The highest BCUT2D eigenvalue weighted by Gasteiger charge is 2.39. The zero-order valence-corrected chi connectivity index (χ0v) is 12.7. The van der Waals surface area contributed by atoms with E-state index in [0.29, 0.717) is 0 Å². The van der Waals surface area contributed by atoms with E-state index in [9.17, 15) is 4.79 Å². The number of nitrogens with zero attached hydrogens (tertiary/aromatic N) is 1. The molecule has 3 rings (SSSR count). The van der Waals surface area contributed by atoms with Gasteiger partial charge in [-0.15, -0.1) is 11.3 Å². The van der Waals surface area contributed by atoms with Gasteiger partial charge in [-0.1, -0.05) is 18.2 Å². The molecule has 0 amide bonds. The minimum atomic E-state index is -0.767. The number of rotatable bonds is 5. The van der Waals surface area contributed by atoms with Crippen LogP contribution in [-0.2, 0) is 11.2 Å². The van der Waals surface area contributed by atoms with Gasteiger partial charge in [-0.2, -0.15) is 0 Å². The van der Waals surface area contributed by atoms with Crippen molar-refractivity contribution < 1.29 is 9.90 Å². The second-order valence-electron chi connectivity index (χ2n) is 5.80. The molecule has 2 aliphatic rings. The fourth-order valence-corrected chi connectivity index (χ4v) is 6.01. The topological polar surface area (TPSA) is 50.2 Å². The van der Waals surface area contributed by atoms with E-state index in [2.05, 4.69) is 4.98 Å². The maximum Gasteiger partial charge on any atom is 0.308 e. The summed E-state index contributed by atoms with van der Waals surface area (Å²) in [6, 6.07) is 0. The molecule has 2 aliphatic carbocycles. The summed E-state index contributed by atoms with van der Waals surface area (Å²) in [7, 11) is 0. The van der Waals surface area contributed by atoms with Crippen LogP contribution in [-0.4, -0.2) is 21.8 Å². The summed E-state index contributed by atoms with van der Waals surface area (Å²) in [5.41, 5.74) is 0.892. The van der Waals surface area contributed by atoms with Gasteiger partial charge in [-0.3, -0.25) is 4.79 Å². The highest BCUT2D eigenvalue weighted by atomic mass is 32.2. The van der Waals surface area contributed by atoms with Gasteiger partial charge in [0, 0.05) is 10.6 Å². The van der Waals surface area contributed by atoms with Gasteiger partial charge >= 0.3 is 5.97 Å². The first-order valence-electron chi connectivity index (χ1n) is 6.92. The predicted octanol–water partition coefficient (Wildman–Crippen LogP) is 3.61. The van der Waals surface area contributed by atoms with Crippen molar-refractivity contribution in [1.82, 2.24) is 4.98 Å². The Hall–Kier alpha value is -0.550. The van der Waals surface area contributed by atoms with Crippen LogP contribution in [0.25, 0.3) is 0 Å². The molecule has 19 heavy (non-hydrogen) atoms. The molecule has 2 saturated carbocycles. The van der Waals surface area contributed by atoms with Crippen molar-refractivity contribution in [2.24, 2.45) is 17.8 Å². The number of carbonyl (C=O) groups is 1. The van der Waals surface area contributed by atoms with Crippen molar-refractivity contribution in [2.75, 3.05) is 5.75 Å². The van der Waals surface area contributed by atoms with E-state index in [-0.39, 0.29) is 6.42 Å². The van der Waals surface area contributed by atoms with E-state index < -0.39 is 5.97 Å². The van der Waals surface area contributed by atoms with Gasteiger partial charge in [0.1, 0.15) is 4.34 Å². The molecular weight excluding hydrogens is 278 g/mol. The van der Waals surface area contributed by atoms with Gasteiger partial charge in [0.25, 0.3) is 0 Å². The van der Waals surface area contributed by atoms with Gasteiger partial charge in [-0.25, -0.2) is 4.98 Å². The molecule has 0 aromatic carbocycles. The molecule has 0 radical (unpaired) electrons. The zero-order valence-electron chi connectivity index (χ0n) is 11.1. The molecular formula is C14H19NO2S2. The third-order valence-electron chi connectivity index (χ3n) is 4.49. The number of aromatic nitrogens is 1. The Balaban J connectivity index is 1.57. The number of thiazole rings is 1. The number of hydrogen-bond acceptors (Lipinski definition) is 4. The van der Waals surface area contributed by atoms with E-state index in [1.165, 1.54) is 31.4 Å². The lowest BCUT2D eigenvalue weighted by Gasteiger charge is -2.20. The number of carboxylic acid groups (broad SMARTS) is 1. The Kier molecular flexibility index (Phi) is 3.85. The monoisotopic (exact) mass is 297 g/mol. The summed E-state index contributed by atoms with van der Waals surface area (Å²) in [5.74, 6) is 3.22. The largest absolute Gasteiger partial charge is 0.481 e. The maximum absolute atomic E-state index is 10.8. The third kappa shape index (κ3) is 2.97. The lowest BCUT2D eigenvalue weighted by atomic mass is 9.90. The predicted molar refractivity (Wildman–Crippen MR) is 77.9 cm³/mol. The molecule has 3 nitrogen and oxygen atoms in total. The van der Waals surface area contributed by atoms with Crippen LogP contribution in [0.15, 0.2) is 4.34 Å². The minimum Gasteiger partial charge on any atom is -0.481 e. The smallest absolute Gasteiger partial charge is 0.308 e. The summed E-state index contributed by atoms with van der Waals surface area (Å²) < 4.78 is 1.05. The Bertz CT molecular complexity index is 486. The fourth-order valence-electron chi connectivity index (χ4n) is 3.52. The van der Waals surface area contributed by atoms with Gasteiger partial charge in [0.2, 0.25) is 0 Å². The lowest BCUT2D eigenvalue weighted by molar-refractivity contribution is -0.136. The zero-order chi connectivity index (χ0) is 13.4. The van der Waals surface area contributed by atoms with Gasteiger partial charge in [-0.05, 0) is 43.9 Å². The van der Waals surface area contributed by atoms with Crippen LogP contribution < -0.4 is 0 Å². The average Bonchev–Trinajstić information content (AvgIpc) is 3.02. The average molecular weight is 297 g/mol. The SMILES string of the molecule is Cc1nc(SCC2CC3CCC2C3)sc1CC(=O)O. The number of fused-ring (bicyclic) bond motifs is 2. The molecule has 1 heterocycles. The molecule has 3 atom stereocenters. The van der Waals surface area contributed by atoms with Gasteiger partial charge in [0.05, 0.1) is 12.1 Å². The van der Waals surface area contributed by atoms with Crippen molar-refractivity contribution in [3.05, 3.63) is 10.6 Å². The lowest BCUT2D eigenvalue weighted by Crippen LogP contribution is -2.12. The first-order chi connectivity index (χ1) is 9.11. The maximum atomic E-state index is 10.8. The highest BCUT2D eigenvalue weighted by Crippen LogP contribution is 2.49. The molecule has 3 unspecified atom stereocenters. The van der Waals surface area contributed by atoms with Crippen LogP contribution in [0.4, 0.5) is 0 Å². The first kappa shape index (κ1) is 13.4. The van der Waals surface area contributed by atoms with Crippen LogP contribution in [0, 0.1) is 24.7 Å². The molecule has 2 bridgehead atoms. The summed E-state index contributed by atoms with van der Waals surface area (Å²) in [4.78, 5) is 16.2. The van der Waals surface area contributed by atoms with Crippen molar-refractivity contribution in [1.29, 1.82) is 0 Å². The Morgan fingerprint density at radius 2 is 2.32 bits per heavy atom. The van der Waals surface area contributed by atoms with E-state index in [4.69, 9.17) is 5.11 Å². The molecule has 1 aromatic rings. The number of aliphatic carboxylic acids is 1. The summed E-state index contributed by atoms with van der Waals surface area (Å²) in [6.07, 6.45) is 5.84. The Morgan fingerprint density at radius 1 is 1.47 bits per heavy atom. The minimum absolute atomic E-state index is 0.109. The second kappa shape index (κ2) is 5.44. The standard InChI is InChI=1S/C14H19NO2S2/c1-8-12(6-13(16)17)19-14(15-8)18-7-11-5-9-2-3-10(11)4-9/h9-11H,2-7H2,1H3,(H,16,17).